The highest BCUT2D eigenvalue weighted by Gasteiger charge is 2.35. The topological polar surface area (TPSA) is 414 Å². The van der Waals surface area contributed by atoms with Gasteiger partial charge in [-0.25, -0.2) is 14.8 Å². The Morgan fingerprint density at radius 2 is 0.867 bits per heavy atom. The van der Waals surface area contributed by atoms with E-state index in [4.69, 9.17) is 56.3 Å². The Balaban J connectivity index is 0.000000221. The van der Waals surface area contributed by atoms with Gasteiger partial charge in [0.25, 0.3) is 17.7 Å². The second-order valence-corrected chi connectivity index (χ2v) is 37.6. The Hall–Kier alpha value is -9.85. The molecule has 0 bridgehead atoms. The second-order valence-electron chi connectivity index (χ2n) is 31.1. The van der Waals surface area contributed by atoms with Crippen LogP contribution in [0, 0.1) is 26.6 Å². The van der Waals surface area contributed by atoms with Crippen LogP contribution in [0.4, 0.5) is 51.2 Å². The lowest BCUT2D eigenvalue weighted by Crippen LogP contribution is -2.45. The molecule has 28 nitrogen and oxygen atoms in total. The first-order valence-electron chi connectivity index (χ1n) is 44.0. The third kappa shape index (κ3) is 38.2. The molecule has 6 saturated heterocycles. The van der Waals surface area contributed by atoms with Crippen LogP contribution in [0.3, 0.4) is 0 Å². The number of alkyl halides is 1. The number of esters is 1. The van der Waals surface area contributed by atoms with Crippen molar-refractivity contribution < 1.29 is 67.6 Å². The third-order valence-corrected chi connectivity index (χ3v) is 24.9. The minimum Gasteiger partial charge on any atom is -0.461 e. The number of aliphatic hydroxyl groups is 2. The van der Waals surface area contributed by atoms with Gasteiger partial charge in [0.2, 0.25) is 28.1 Å². The van der Waals surface area contributed by atoms with Crippen molar-refractivity contribution in [2.75, 3.05) is 113 Å². The molecule has 0 unspecified atom stereocenters. The summed E-state index contributed by atoms with van der Waals surface area (Å²) in [4.78, 5) is 138. The number of hydrogen-bond acceptors (Lipinski definition) is 22. The number of nitrogens with two attached hydrogens (primary N) is 4. The molecule has 35 heteroatoms. The van der Waals surface area contributed by atoms with Crippen LogP contribution in [0.5, 0.6) is 0 Å². The first kappa shape index (κ1) is 112. The zero-order chi connectivity index (χ0) is 98.5. The van der Waals surface area contributed by atoms with Crippen molar-refractivity contribution in [3.8, 4) is 0 Å². The molecular weight excluding hydrogens is 2280 g/mol. The van der Waals surface area contributed by atoms with Crippen molar-refractivity contribution in [1.82, 2.24) is 10.2 Å². The number of piperidine rings is 5. The smallest absolute Gasteiger partial charge is 0.368 e. The number of hydrogen-bond donors (Lipinski definition) is 8. The van der Waals surface area contributed by atoms with Gasteiger partial charge in [0.1, 0.15) is 11.4 Å². The van der Waals surface area contributed by atoms with Gasteiger partial charge in [-0.15, -0.1) is 0 Å². The fourth-order valence-corrected chi connectivity index (χ4v) is 15.8. The first-order chi connectivity index (χ1) is 64.7. The predicted octanol–water partition coefficient (Wildman–Crippen LogP) is 18.0. The van der Waals surface area contributed by atoms with Gasteiger partial charge in [0, 0.05) is 162 Å². The maximum Gasteiger partial charge on any atom is 0.368 e. The van der Waals surface area contributed by atoms with Gasteiger partial charge in [-0.3, -0.25) is 48.6 Å². The number of halogens is 7. The molecular formula is C100H115BrCl2I4N14O14. The number of ketones is 2. The number of benzene rings is 8. The van der Waals surface area contributed by atoms with E-state index in [0.29, 0.717) is 93.2 Å². The number of morpholine rings is 1. The van der Waals surface area contributed by atoms with Gasteiger partial charge in [-0.05, 0) is 355 Å². The highest BCUT2D eigenvalue weighted by atomic mass is 127. The minimum atomic E-state index is -0.769. The van der Waals surface area contributed by atoms with Crippen molar-refractivity contribution >= 4 is 255 Å². The van der Waals surface area contributed by atoms with E-state index in [9.17, 15) is 58.2 Å². The molecule has 0 radical (unpaired) electrons. The molecule has 7 heterocycles. The van der Waals surface area contributed by atoms with Crippen LogP contribution >= 0.6 is 129 Å². The van der Waals surface area contributed by atoms with Crippen LogP contribution in [0.1, 0.15) is 134 Å². The van der Waals surface area contributed by atoms with Gasteiger partial charge in [-0.2, -0.15) is 0 Å². The number of rotatable bonds is 18. The van der Waals surface area contributed by atoms with E-state index in [-0.39, 0.29) is 94.9 Å². The van der Waals surface area contributed by atoms with Gasteiger partial charge in [0.15, 0.2) is 11.6 Å². The number of aryl methyl sites for hydroxylation is 1. The molecule has 0 aromatic heterocycles. The lowest BCUT2D eigenvalue weighted by molar-refractivity contribution is -0.135. The van der Waals surface area contributed by atoms with E-state index < -0.39 is 11.1 Å². The summed E-state index contributed by atoms with van der Waals surface area (Å²) in [6.45, 7) is 13.5. The van der Waals surface area contributed by atoms with Gasteiger partial charge >= 0.3 is 5.97 Å². The molecule has 0 atom stereocenters. The number of anilines is 7. The summed E-state index contributed by atoms with van der Waals surface area (Å²) in [5.74, 6) is -1.30. The number of aliphatic hydroxyl groups excluding tert-OH is 2. The van der Waals surface area contributed by atoms with Crippen LogP contribution < -0.4 is 52.8 Å². The summed E-state index contributed by atoms with van der Waals surface area (Å²) in [5.41, 5.74) is 34.8. The fraction of sp³-hybridized carbons (Fsp3) is 0.330. The number of nitrogen functional groups attached to an aromatic ring is 2. The lowest BCUT2D eigenvalue weighted by Gasteiger charge is -2.35. The maximum absolute atomic E-state index is 13.5. The van der Waals surface area contributed by atoms with E-state index in [1.54, 1.807) is 70.2 Å². The number of allylic oxidation sites excluding steroid dienone is 2. The molecule has 0 spiro atoms. The number of ether oxygens (including phenoxy) is 2. The average Bonchev–Trinajstić information content (AvgIpc) is 0.791. The van der Waals surface area contributed by atoms with Gasteiger partial charge < -0.3 is 77.3 Å². The van der Waals surface area contributed by atoms with Crippen LogP contribution in [-0.2, 0) is 70.6 Å². The minimum absolute atomic E-state index is 0.0395. The molecule has 135 heavy (non-hydrogen) atoms. The van der Waals surface area contributed by atoms with Crippen LogP contribution in [0.25, 0.3) is 0 Å². The molecule has 6 fully saturated rings. The summed E-state index contributed by atoms with van der Waals surface area (Å²) < 4.78 is 14.3. The zero-order valence-electron chi connectivity index (χ0n) is 75.9. The number of carbonyl (C=O) groups excluding carboxylic acids is 10. The summed E-state index contributed by atoms with van der Waals surface area (Å²) in [6.07, 6.45) is 14.5. The molecule has 8 aromatic carbocycles. The maximum atomic E-state index is 13.5. The zero-order valence-corrected chi connectivity index (χ0v) is 87.6. The second kappa shape index (κ2) is 60.0. The van der Waals surface area contributed by atoms with E-state index in [1.807, 2.05) is 162 Å². The largest absolute Gasteiger partial charge is 0.461 e. The Morgan fingerprint density at radius 3 is 1.19 bits per heavy atom. The number of Topliss-reactive ketones (excluding diaryl/α,β-unsaturated/α-hetero) is 2. The quantitative estimate of drug-likeness (QED) is 0.00578. The Kier molecular flexibility index (Phi) is 49.8. The van der Waals surface area contributed by atoms with E-state index in [1.165, 1.54) is 30.1 Å². The Labute approximate surface area is 862 Å². The number of carbonyl (C=O) groups is 10. The number of unbranched alkanes of at least 4 members (excludes halogenated alkanes) is 1. The number of aliphatic imine (C=N–C) groups is 2. The summed E-state index contributed by atoms with van der Waals surface area (Å²) >= 11 is 22.2. The molecule has 0 saturated carbocycles. The van der Waals surface area contributed by atoms with E-state index >= 15 is 0 Å². The Morgan fingerprint density at radius 1 is 0.489 bits per heavy atom. The monoisotopic (exact) mass is 2390 g/mol. The predicted molar refractivity (Wildman–Crippen MR) is 575 cm³/mol. The molecule has 6 amide bonds. The summed E-state index contributed by atoms with van der Waals surface area (Å²) in [7, 11) is 0. The van der Waals surface area contributed by atoms with Gasteiger partial charge in [0.05, 0.1) is 61.5 Å². The normalized spacial score (nSPS) is 16.6. The molecule has 7 aliphatic heterocycles. The molecule has 718 valence electrons. The van der Waals surface area contributed by atoms with E-state index in [0.717, 1.165) is 157 Å². The van der Waals surface area contributed by atoms with Crippen molar-refractivity contribution in [3.63, 3.8) is 0 Å². The third-order valence-electron chi connectivity index (χ3n) is 21.1. The van der Waals surface area contributed by atoms with Gasteiger partial charge in [-0.1, -0.05) is 75.6 Å². The average molecular weight is 2400 g/mol. The highest BCUT2D eigenvalue weighted by Crippen LogP contribution is 2.33. The number of nitrogens with zero attached hydrogens (tertiary/aromatic N) is 8. The van der Waals surface area contributed by atoms with Crippen molar-refractivity contribution in [1.29, 1.82) is 5.41 Å². The lowest BCUT2D eigenvalue weighted by atomic mass is 9.96. The first-order valence-corrected chi connectivity index (χ1v) is 50.2. The Bertz CT molecular complexity index is 5370. The van der Waals surface area contributed by atoms with Crippen LogP contribution in [0.15, 0.2) is 238 Å². The van der Waals surface area contributed by atoms with Crippen molar-refractivity contribution in [2.45, 2.75) is 137 Å². The number of amides is 6. The van der Waals surface area contributed by atoms with Crippen LogP contribution in [0.2, 0.25) is 0 Å². The van der Waals surface area contributed by atoms with E-state index in [2.05, 4.69) is 137 Å². The van der Waals surface area contributed by atoms with Crippen molar-refractivity contribution in [2.24, 2.45) is 21.5 Å². The number of nitrogens with one attached hydrogen (secondary N) is 2. The van der Waals surface area contributed by atoms with Crippen LogP contribution in [-0.4, -0.2) is 167 Å². The summed E-state index contributed by atoms with van der Waals surface area (Å²) in [6, 6.07) is 60.5. The molecule has 8 aromatic rings. The molecule has 7 aliphatic rings. The van der Waals surface area contributed by atoms with Crippen molar-refractivity contribution in [3.05, 3.63) is 259 Å². The molecule has 12 N–H and O–H groups in total. The highest BCUT2D eigenvalue weighted by molar-refractivity contribution is 14.1. The molecule has 0 aliphatic carbocycles. The SMILES string of the molecule is CC(=O)C(N)=C1CCN(c2ccc(I)cc2)C(=O)C1=Nc1ccc(CO)cc1.CC(=O)C(N)=C1CCN(c2ccc(N3CCCCC3=O)cc2)C(=O)C1=Nc1ccc(CO)cc1.CCOC(=O)C(=N)Cl.Cc1ccc(N)cc1.Nc1ccc(I)cc1.O=C(Cl)CCCCBr.O=C1C(N2CCOCC2)=CCCN1c1ccc(I)cc1.O=C1CCCCN1.O=C1CCCCN1c1ccc(I)cc1. The molecule has 15 rings (SSSR count). The standard InChI is InChI=1S/C26H28N4O4.C21H20IN3O3.C15H17IN2O2.C11H12INO.C7H9N.C6H6IN.C5H8BrClO.C5H9NO.C4H6ClNO2/c1-17(32)24(27)22-13-15-30(26(34)25(22)28-19-7-5-18(16-31)6-8-19)21-11-9-20(10-12-21)29-14-3-2-4-23(29)33;1-13(27)19(23)18-10-11-25(17-8-4-15(22)5-9-17)21(28)20(18)24-16-6-2-14(12-26)3-7-16;16-12-3-5-13(6-4-12)18-7-1-2-14(15(18)19)17-8-10-20-11-9-17;12-9-4-6-10(7-5-9)13-8-2-1-3-11(13)14;1-6-2-4-7(8)5-3-6;7-5-1-3-6(8)4-2-5;6-4-2-1-3-5(7)8;7-5-3-1-2-4-6-5;1-2-8-4(7)3(5)6/h5-12,31H,2-4,13-16,27H2,1H3;2-9,26H,10-12,23H2,1H3;2-6H,1,7-11H2;4-7H,1-3,8H2;2-5H,8H2,1H3;1-4H,8H2;1-4H2;1-4H2,(H,6,7);6H,2H2,1H3. The summed E-state index contributed by atoms with van der Waals surface area (Å²) in [5, 5.41) is 27.8. The fourth-order valence-electron chi connectivity index (χ4n) is 13.8.